The number of H-pyrrole nitrogens is 1. The number of sulfonamides is 1. The van der Waals surface area contributed by atoms with Gasteiger partial charge in [0.25, 0.3) is 0 Å². The number of nitrogens with zero attached hydrogens (tertiary/aromatic N) is 2. The molecule has 0 radical (unpaired) electrons. The van der Waals surface area contributed by atoms with Gasteiger partial charge in [-0.2, -0.15) is 4.31 Å². The number of oxazole rings is 1. The third-order valence-electron chi connectivity index (χ3n) is 4.83. The average Bonchev–Trinajstić information content (AvgIpc) is 3.02. The number of piperazine rings is 1. The highest BCUT2D eigenvalue weighted by Crippen LogP contribution is 2.28. The van der Waals surface area contributed by atoms with Crippen LogP contribution in [0, 0.1) is 0 Å². The molecular formula is C18H19N3O4S. The van der Waals surface area contributed by atoms with Crippen LogP contribution in [0.1, 0.15) is 11.6 Å². The maximum absolute atomic E-state index is 13.1. The first-order chi connectivity index (χ1) is 12.4. The van der Waals surface area contributed by atoms with Crippen molar-refractivity contribution in [3.63, 3.8) is 0 Å². The lowest BCUT2D eigenvalue weighted by Crippen LogP contribution is -2.48. The summed E-state index contributed by atoms with van der Waals surface area (Å²) in [5.41, 5.74) is 1.81. The van der Waals surface area contributed by atoms with Crippen molar-refractivity contribution in [3.8, 4) is 0 Å². The van der Waals surface area contributed by atoms with Crippen LogP contribution in [0.5, 0.6) is 0 Å². The van der Waals surface area contributed by atoms with E-state index in [1.54, 1.807) is 6.07 Å². The number of likely N-dealkylation sites (N-methyl/N-ethyl adjacent to an activating group) is 1. The van der Waals surface area contributed by atoms with E-state index in [-0.39, 0.29) is 16.5 Å². The second-order valence-electron chi connectivity index (χ2n) is 6.44. The van der Waals surface area contributed by atoms with Crippen molar-refractivity contribution in [3.05, 3.63) is 64.6 Å². The van der Waals surface area contributed by atoms with Crippen LogP contribution in [0.15, 0.2) is 62.6 Å². The van der Waals surface area contributed by atoms with Gasteiger partial charge in [-0.1, -0.05) is 30.3 Å². The third kappa shape index (κ3) is 2.96. The predicted molar refractivity (Wildman–Crippen MR) is 97.4 cm³/mol. The summed E-state index contributed by atoms with van der Waals surface area (Å²) in [5, 5.41) is 0. The second-order valence-corrected chi connectivity index (χ2v) is 8.38. The molecule has 1 aliphatic heterocycles. The summed E-state index contributed by atoms with van der Waals surface area (Å²) < 4.78 is 32.7. The van der Waals surface area contributed by atoms with Gasteiger partial charge in [-0.05, 0) is 24.7 Å². The summed E-state index contributed by atoms with van der Waals surface area (Å²) in [6.45, 7) is 1.43. The maximum Gasteiger partial charge on any atom is 0.417 e. The van der Waals surface area contributed by atoms with E-state index in [0.29, 0.717) is 25.2 Å². The highest BCUT2D eigenvalue weighted by atomic mass is 32.2. The number of hydrogen-bond donors (Lipinski definition) is 1. The molecule has 1 atom stereocenters. The van der Waals surface area contributed by atoms with E-state index in [4.69, 9.17) is 4.42 Å². The first-order valence-corrected chi connectivity index (χ1v) is 9.77. The van der Waals surface area contributed by atoms with Gasteiger partial charge in [0.2, 0.25) is 10.0 Å². The molecule has 4 rings (SSSR count). The quantitative estimate of drug-likeness (QED) is 0.756. The van der Waals surface area contributed by atoms with Gasteiger partial charge >= 0.3 is 5.76 Å². The molecule has 1 aromatic heterocycles. The van der Waals surface area contributed by atoms with Gasteiger partial charge < -0.3 is 4.42 Å². The smallest absolute Gasteiger partial charge is 0.408 e. The van der Waals surface area contributed by atoms with Gasteiger partial charge in [0, 0.05) is 31.7 Å². The SMILES string of the molecule is CN1CCN(S(=O)(=O)c2ccc3[nH]c(=O)oc3c2)CC1c1ccccc1. The van der Waals surface area contributed by atoms with Crippen molar-refractivity contribution in [2.45, 2.75) is 10.9 Å². The van der Waals surface area contributed by atoms with Crippen LogP contribution >= 0.6 is 0 Å². The Balaban J connectivity index is 1.67. The van der Waals surface area contributed by atoms with Crippen LogP contribution in [0.2, 0.25) is 0 Å². The molecule has 1 saturated heterocycles. The molecule has 26 heavy (non-hydrogen) atoms. The lowest BCUT2D eigenvalue weighted by molar-refractivity contribution is 0.148. The van der Waals surface area contributed by atoms with Crippen LogP contribution in [0.4, 0.5) is 0 Å². The molecule has 1 unspecified atom stereocenters. The van der Waals surface area contributed by atoms with Crippen molar-refractivity contribution in [1.29, 1.82) is 0 Å². The molecule has 7 nitrogen and oxygen atoms in total. The van der Waals surface area contributed by atoms with Crippen LogP contribution in [0.3, 0.4) is 0 Å². The van der Waals surface area contributed by atoms with Crippen LogP contribution in [0.25, 0.3) is 11.1 Å². The number of nitrogens with one attached hydrogen (secondary N) is 1. The Hall–Kier alpha value is -2.42. The Morgan fingerprint density at radius 2 is 1.88 bits per heavy atom. The van der Waals surface area contributed by atoms with E-state index in [1.807, 2.05) is 37.4 Å². The summed E-state index contributed by atoms with van der Waals surface area (Å²) in [4.78, 5) is 16.1. The minimum atomic E-state index is -3.68. The predicted octanol–water partition coefficient (Wildman–Crippen LogP) is 1.80. The van der Waals surface area contributed by atoms with Crippen molar-refractivity contribution in [2.75, 3.05) is 26.7 Å². The summed E-state index contributed by atoms with van der Waals surface area (Å²) in [7, 11) is -1.68. The van der Waals surface area contributed by atoms with Gasteiger partial charge in [0.15, 0.2) is 5.58 Å². The molecule has 2 heterocycles. The van der Waals surface area contributed by atoms with Crippen LogP contribution < -0.4 is 5.76 Å². The zero-order chi connectivity index (χ0) is 18.3. The lowest BCUT2D eigenvalue weighted by Gasteiger charge is -2.39. The Bertz CT molecular complexity index is 1090. The zero-order valence-corrected chi connectivity index (χ0v) is 15.1. The maximum atomic E-state index is 13.1. The van der Waals surface area contributed by atoms with E-state index < -0.39 is 15.8 Å². The minimum absolute atomic E-state index is 0.00588. The molecule has 8 heteroatoms. The number of hydrogen-bond acceptors (Lipinski definition) is 5. The molecule has 2 aromatic carbocycles. The Morgan fingerprint density at radius 3 is 2.65 bits per heavy atom. The third-order valence-corrected chi connectivity index (χ3v) is 6.69. The molecule has 0 amide bonds. The monoisotopic (exact) mass is 373 g/mol. The van der Waals surface area contributed by atoms with Gasteiger partial charge in [-0.3, -0.25) is 9.88 Å². The number of fused-ring (bicyclic) bond motifs is 1. The lowest BCUT2D eigenvalue weighted by atomic mass is 10.0. The summed E-state index contributed by atoms with van der Waals surface area (Å²) >= 11 is 0. The second kappa shape index (κ2) is 6.39. The van der Waals surface area contributed by atoms with Gasteiger partial charge in [-0.15, -0.1) is 0 Å². The van der Waals surface area contributed by atoms with E-state index in [9.17, 15) is 13.2 Å². The van der Waals surface area contributed by atoms with Crippen LogP contribution in [-0.4, -0.2) is 49.3 Å². The van der Waals surface area contributed by atoms with Crippen molar-refractivity contribution >= 4 is 21.1 Å². The molecule has 0 aliphatic carbocycles. The molecule has 136 valence electrons. The first kappa shape index (κ1) is 17.0. The fourth-order valence-electron chi connectivity index (χ4n) is 3.34. The fourth-order valence-corrected chi connectivity index (χ4v) is 4.79. The topological polar surface area (TPSA) is 86.6 Å². The molecule has 1 N–H and O–H groups in total. The number of aromatic nitrogens is 1. The Morgan fingerprint density at radius 1 is 1.12 bits per heavy atom. The zero-order valence-electron chi connectivity index (χ0n) is 14.3. The standard InChI is InChI=1S/C18H19N3O4S/c1-20-9-10-21(12-16(20)13-5-3-2-4-6-13)26(23,24)14-7-8-15-17(11-14)25-18(22)19-15/h2-8,11,16H,9-10,12H2,1H3,(H,19,22). The van der Waals surface area contributed by atoms with Crippen molar-refractivity contribution in [2.24, 2.45) is 0 Å². The Kier molecular flexibility index (Phi) is 4.18. The molecule has 0 saturated carbocycles. The molecule has 1 fully saturated rings. The number of benzene rings is 2. The molecule has 0 spiro atoms. The summed E-state index contributed by atoms with van der Waals surface area (Å²) in [5.74, 6) is -0.599. The normalized spacial score (nSPS) is 19.8. The van der Waals surface area contributed by atoms with Gasteiger partial charge in [0.1, 0.15) is 0 Å². The van der Waals surface area contributed by atoms with Crippen molar-refractivity contribution in [1.82, 2.24) is 14.2 Å². The Labute approximate surface area is 150 Å². The van der Waals surface area contributed by atoms with E-state index in [2.05, 4.69) is 9.88 Å². The average molecular weight is 373 g/mol. The molecular weight excluding hydrogens is 354 g/mol. The fraction of sp³-hybridized carbons (Fsp3) is 0.278. The highest BCUT2D eigenvalue weighted by molar-refractivity contribution is 7.89. The van der Waals surface area contributed by atoms with Gasteiger partial charge in [-0.25, -0.2) is 13.2 Å². The van der Waals surface area contributed by atoms with E-state index in [0.717, 1.165) is 5.56 Å². The van der Waals surface area contributed by atoms with Crippen LogP contribution in [-0.2, 0) is 10.0 Å². The first-order valence-electron chi connectivity index (χ1n) is 8.33. The number of aromatic amines is 1. The largest absolute Gasteiger partial charge is 0.417 e. The summed E-state index contributed by atoms with van der Waals surface area (Å²) in [6.07, 6.45) is 0. The molecule has 0 bridgehead atoms. The van der Waals surface area contributed by atoms with Gasteiger partial charge in [0.05, 0.1) is 10.4 Å². The minimum Gasteiger partial charge on any atom is -0.408 e. The summed E-state index contributed by atoms with van der Waals surface area (Å²) in [6, 6.07) is 14.3. The highest BCUT2D eigenvalue weighted by Gasteiger charge is 2.33. The van der Waals surface area contributed by atoms with E-state index in [1.165, 1.54) is 16.4 Å². The number of rotatable bonds is 3. The van der Waals surface area contributed by atoms with Crippen molar-refractivity contribution < 1.29 is 12.8 Å². The molecule has 1 aliphatic rings. The van der Waals surface area contributed by atoms with E-state index >= 15 is 0 Å². The molecule has 3 aromatic rings.